The summed E-state index contributed by atoms with van der Waals surface area (Å²) in [6, 6.07) is 18.1. The minimum Gasteiger partial charge on any atom is -0.315 e. The number of hydrogen-bond donors (Lipinski definition) is 0. The summed E-state index contributed by atoms with van der Waals surface area (Å²) in [5.41, 5.74) is 1.18. The molecule has 0 bridgehead atoms. The molecule has 3 heteroatoms. The molecule has 2 rings (SSSR count). The molecular formula is C13H12ClNS. The van der Waals surface area contributed by atoms with E-state index >= 15 is 0 Å². The van der Waals surface area contributed by atoms with Gasteiger partial charge >= 0.3 is 0 Å². The summed E-state index contributed by atoms with van der Waals surface area (Å²) >= 11 is 7.52. The van der Waals surface area contributed by atoms with E-state index in [-0.39, 0.29) is 0 Å². The lowest BCUT2D eigenvalue weighted by Gasteiger charge is -2.17. The number of rotatable bonds is 3. The molecule has 0 N–H and O–H groups in total. The molecule has 0 unspecified atom stereocenters. The molecule has 2 aromatic rings. The average molecular weight is 250 g/mol. The lowest BCUT2D eigenvalue weighted by atomic mass is 10.3. The SMILES string of the molecule is CN(Sc1ccc(Cl)cc1)c1ccccc1. The van der Waals surface area contributed by atoms with Gasteiger partial charge in [-0.25, -0.2) is 0 Å². The summed E-state index contributed by atoms with van der Waals surface area (Å²) < 4.78 is 2.13. The van der Waals surface area contributed by atoms with Gasteiger partial charge in [0.2, 0.25) is 0 Å². The zero-order chi connectivity index (χ0) is 11.4. The van der Waals surface area contributed by atoms with Crippen LogP contribution in [0.25, 0.3) is 0 Å². The van der Waals surface area contributed by atoms with Crippen LogP contribution >= 0.6 is 23.5 Å². The van der Waals surface area contributed by atoms with Gasteiger partial charge in [0.15, 0.2) is 0 Å². The molecule has 0 radical (unpaired) electrons. The molecular weight excluding hydrogens is 238 g/mol. The summed E-state index contributed by atoms with van der Waals surface area (Å²) in [5.74, 6) is 0. The standard InChI is InChI=1S/C13H12ClNS/c1-15(12-5-3-2-4-6-12)16-13-9-7-11(14)8-10-13/h2-10H,1H3. The topological polar surface area (TPSA) is 3.24 Å². The molecule has 0 spiro atoms. The molecule has 0 atom stereocenters. The van der Waals surface area contributed by atoms with Crippen LogP contribution in [0, 0.1) is 0 Å². The highest BCUT2D eigenvalue weighted by Gasteiger charge is 2.02. The first kappa shape index (κ1) is 11.4. The Labute approximate surface area is 105 Å². The van der Waals surface area contributed by atoms with Crippen molar-refractivity contribution in [3.63, 3.8) is 0 Å². The lowest BCUT2D eigenvalue weighted by Crippen LogP contribution is -2.05. The summed E-state index contributed by atoms with van der Waals surface area (Å²) in [6.45, 7) is 0. The van der Waals surface area contributed by atoms with Crippen molar-refractivity contribution in [3.8, 4) is 0 Å². The zero-order valence-corrected chi connectivity index (χ0v) is 10.5. The summed E-state index contributed by atoms with van der Waals surface area (Å²) in [6.07, 6.45) is 0. The van der Waals surface area contributed by atoms with Crippen LogP contribution in [0.2, 0.25) is 5.02 Å². The van der Waals surface area contributed by atoms with E-state index in [2.05, 4.69) is 23.5 Å². The largest absolute Gasteiger partial charge is 0.315 e. The van der Waals surface area contributed by atoms with Gasteiger partial charge in [-0.1, -0.05) is 29.8 Å². The summed E-state index contributed by atoms with van der Waals surface area (Å²) in [7, 11) is 2.05. The Morgan fingerprint density at radius 1 is 0.938 bits per heavy atom. The van der Waals surface area contributed by atoms with Crippen LogP contribution in [0.15, 0.2) is 59.5 Å². The van der Waals surface area contributed by atoms with E-state index in [9.17, 15) is 0 Å². The predicted octanol–water partition coefficient (Wildman–Crippen LogP) is 4.48. The fraction of sp³-hybridized carbons (Fsp3) is 0.0769. The second kappa shape index (κ2) is 5.28. The van der Waals surface area contributed by atoms with Gasteiger partial charge in [0, 0.05) is 22.7 Å². The van der Waals surface area contributed by atoms with E-state index < -0.39 is 0 Å². The van der Waals surface area contributed by atoms with Crippen LogP contribution in [0.5, 0.6) is 0 Å². The third kappa shape index (κ3) is 2.94. The highest BCUT2D eigenvalue weighted by Crippen LogP contribution is 2.27. The Morgan fingerprint density at radius 2 is 1.56 bits per heavy atom. The highest BCUT2D eigenvalue weighted by atomic mass is 35.5. The number of nitrogens with zero attached hydrogens (tertiary/aromatic N) is 1. The molecule has 0 aliphatic carbocycles. The van der Waals surface area contributed by atoms with Gasteiger partial charge in [0.25, 0.3) is 0 Å². The first-order valence-electron chi connectivity index (χ1n) is 4.98. The fourth-order valence-corrected chi connectivity index (χ4v) is 2.27. The van der Waals surface area contributed by atoms with Crippen molar-refractivity contribution in [2.75, 3.05) is 11.4 Å². The molecule has 0 aliphatic heterocycles. The number of halogens is 1. The first-order valence-corrected chi connectivity index (χ1v) is 6.13. The molecule has 0 heterocycles. The van der Waals surface area contributed by atoms with Crippen molar-refractivity contribution < 1.29 is 0 Å². The summed E-state index contributed by atoms with van der Waals surface area (Å²) in [5, 5.41) is 0.770. The highest BCUT2D eigenvalue weighted by molar-refractivity contribution is 8.00. The van der Waals surface area contributed by atoms with Crippen LogP contribution < -0.4 is 4.31 Å². The third-order valence-electron chi connectivity index (χ3n) is 2.18. The summed E-state index contributed by atoms with van der Waals surface area (Å²) in [4.78, 5) is 1.18. The van der Waals surface area contributed by atoms with Crippen molar-refractivity contribution in [2.24, 2.45) is 0 Å². The Morgan fingerprint density at radius 3 is 2.19 bits per heavy atom. The number of benzene rings is 2. The molecule has 0 fully saturated rings. The molecule has 0 aromatic heterocycles. The van der Waals surface area contributed by atoms with Crippen LogP contribution in [-0.4, -0.2) is 7.05 Å². The Hall–Kier alpha value is -1.12. The average Bonchev–Trinajstić information content (AvgIpc) is 2.33. The van der Waals surface area contributed by atoms with Crippen LogP contribution in [-0.2, 0) is 0 Å². The molecule has 0 saturated carbocycles. The van der Waals surface area contributed by atoms with Crippen molar-refractivity contribution in [2.45, 2.75) is 4.90 Å². The van der Waals surface area contributed by atoms with Crippen molar-refractivity contribution >= 4 is 29.2 Å². The number of para-hydroxylation sites is 1. The van der Waals surface area contributed by atoms with Crippen molar-refractivity contribution in [1.82, 2.24) is 0 Å². The van der Waals surface area contributed by atoms with Gasteiger partial charge in [-0.2, -0.15) is 0 Å². The Kier molecular flexibility index (Phi) is 3.75. The second-order valence-corrected chi connectivity index (χ2v) is 5.02. The smallest absolute Gasteiger partial charge is 0.0469 e. The zero-order valence-electron chi connectivity index (χ0n) is 8.93. The lowest BCUT2D eigenvalue weighted by molar-refractivity contribution is 1.33. The molecule has 0 amide bonds. The van der Waals surface area contributed by atoms with Gasteiger partial charge in [0.05, 0.1) is 0 Å². The van der Waals surface area contributed by atoms with Gasteiger partial charge in [-0.15, -0.1) is 0 Å². The maximum atomic E-state index is 5.84. The van der Waals surface area contributed by atoms with E-state index in [0.29, 0.717) is 0 Å². The maximum Gasteiger partial charge on any atom is 0.0469 e. The first-order chi connectivity index (χ1) is 7.75. The fourth-order valence-electron chi connectivity index (χ4n) is 1.34. The quantitative estimate of drug-likeness (QED) is 0.738. The molecule has 0 saturated heterocycles. The minimum atomic E-state index is 0.770. The molecule has 0 aliphatic rings. The van der Waals surface area contributed by atoms with E-state index in [1.807, 2.05) is 42.5 Å². The second-order valence-electron chi connectivity index (χ2n) is 3.38. The van der Waals surface area contributed by atoms with Crippen molar-refractivity contribution in [1.29, 1.82) is 0 Å². The molecule has 16 heavy (non-hydrogen) atoms. The minimum absolute atomic E-state index is 0.770. The van der Waals surface area contributed by atoms with Crippen LogP contribution in [0.1, 0.15) is 0 Å². The maximum absolute atomic E-state index is 5.84. The van der Waals surface area contributed by atoms with E-state index in [0.717, 1.165) is 5.02 Å². The third-order valence-corrected chi connectivity index (χ3v) is 3.40. The van der Waals surface area contributed by atoms with E-state index in [4.69, 9.17) is 11.6 Å². The van der Waals surface area contributed by atoms with Gasteiger partial charge < -0.3 is 4.31 Å². The number of anilines is 1. The molecule has 82 valence electrons. The van der Waals surface area contributed by atoms with Crippen LogP contribution in [0.4, 0.5) is 5.69 Å². The van der Waals surface area contributed by atoms with Gasteiger partial charge in [-0.05, 0) is 48.3 Å². The normalized spacial score (nSPS) is 10.1. The molecule has 2 aromatic carbocycles. The van der Waals surface area contributed by atoms with Crippen molar-refractivity contribution in [3.05, 3.63) is 59.6 Å². The molecule has 1 nitrogen and oxygen atoms in total. The van der Waals surface area contributed by atoms with Gasteiger partial charge in [0.1, 0.15) is 0 Å². The van der Waals surface area contributed by atoms with E-state index in [1.165, 1.54) is 10.6 Å². The Bertz CT molecular complexity index is 441. The monoisotopic (exact) mass is 249 g/mol. The predicted molar refractivity (Wildman–Crippen MR) is 72.2 cm³/mol. The van der Waals surface area contributed by atoms with E-state index in [1.54, 1.807) is 11.9 Å². The Balaban J connectivity index is 2.08. The van der Waals surface area contributed by atoms with Gasteiger partial charge in [-0.3, -0.25) is 0 Å². The number of hydrogen-bond acceptors (Lipinski definition) is 2. The van der Waals surface area contributed by atoms with Crippen LogP contribution in [0.3, 0.4) is 0 Å².